The van der Waals surface area contributed by atoms with Gasteiger partial charge in [-0.2, -0.15) is 0 Å². The number of carbonyl (C=O) groups is 1. The smallest absolute Gasteiger partial charge is 0.241 e. The van der Waals surface area contributed by atoms with Crippen LogP contribution in [0.5, 0.6) is 11.5 Å². The number of benzene rings is 1. The van der Waals surface area contributed by atoms with Crippen LogP contribution in [0, 0.1) is 0 Å². The SMILES string of the molecule is CN(C)C(=O)CNC(=NCc1cccc2c1OCCCO2)NCC1CCCO1. The van der Waals surface area contributed by atoms with E-state index in [2.05, 4.69) is 15.6 Å². The van der Waals surface area contributed by atoms with Crippen LogP contribution in [0.15, 0.2) is 23.2 Å². The van der Waals surface area contributed by atoms with E-state index < -0.39 is 0 Å². The number of hydrogen-bond acceptors (Lipinski definition) is 5. The second-order valence-electron chi connectivity index (χ2n) is 7.12. The molecule has 0 bridgehead atoms. The lowest BCUT2D eigenvalue weighted by Gasteiger charge is -2.17. The predicted molar refractivity (Wildman–Crippen MR) is 107 cm³/mol. The quantitative estimate of drug-likeness (QED) is 0.560. The zero-order valence-corrected chi connectivity index (χ0v) is 16.7. The molecule has 2 heterocycles. The zero-order valence-electron chi connectivity index (χ0n) is 16.7. The average molecular weight is 390 g/mol. The minimum absolute atomic E-state index is 0.0167. The summed E-state index contributed by atoms with van der Waals surface area (Å²) in [5.41, 5.74) is 0.955. The van der Waals surface area contributed by atoms with Crippen LogP contribution >= 0.6 is 0 Å². The molecule has 0 radical (unpaired) electrons. The fourth-order valence-electron chi connectivity index (χ4n) is 3.05. The molecule has 2 N–H and O–H groups in total. The van der Waals surface area contributed by atoms with Crippen molar-refractivity contribution < 1.29 is 19.0 Å². The molecule has 2 aliphatic rings. The van der Waals surface area contributed by atoms with Gasteiger partial charge >= 0.3 is 0 Å². The fraction of sp³-hybridized carbons (Fsp3) is 0.600. The molecule has 1 fully saturated rings. The number of carbonyl (C=O) groups excluding carboxylic acids is 1. The highest BCUT2D eigenvalue weighted by atomic mass is 16.5. The molecule has 0 aromatic heterocycles. The summed E-state index contributed by atoms with van der Waals surface area (Å²) in [6.07, 6.45) is 3.16. The Morgan fingerprint density at radius 2 is 2.04 bits per heavy atom. The lowest BCUT2D eigenvalue weighted by Crippen LogP contribution is -2.45. The van der Waals surface area contributed by atoms with Crippen molar-refractivity contribution in [2.75, 3.05) is 47.0 Å². The minimum Gasteiger partial charge on any atom is -0.490 e. The van der Waals surface area contributed by atoms with E-state index in [1.807, 2.05) is 18.2 Å². The standard InChI is InChI=1S/C20H30N4O4/c1-24(2)18(25)14-23-20(22-13-16-7-4-9-26-16)21-12-15-6-3-8-17-19(15)28-11-5-10-27-17/h3,6,8,16H,4-5,7,9-14H2,1-2H3,(H2,21,22,23). The molecule has 1 aromatic rings. The fourth-order valence-corrected chi connectivity index (χ4v) is 3.05. The molecule has 2 aliphatic heterocycles. The predicted octanol–water partition coefficient (Wildman–Crippen LogP) is 1.15. The molecule has 0 aliphatic carbocycles. The number of guanidine groups is 1. The van der Waals surface area contributed by atoms with Crippen LogP contribution in [0.25, 0.3) is 0 Å². The Bertz CT molecular complexity index is 687. The normalized spacial score (nSPS) is 19.1. The third kappa shape index (κ3) is 5.76. The van der Waals surface area contributed by atoms with Crippen molar-refractivity contribution in [1.29, 1.82) is 0 Å². The first-order valence-corrected chi connectivity index (χ1v) is 9.85. The van der Waals surface area contributed by atoms with Crippen LogP contribution in [0.3, 0.4) is 0 Å². The summed E-state index contributed by atoms with van der Waals surface area (Å²) in [5.74, 6) is 2.08. The van der Waals surface area contributed by atoms with Crippen LogP contribution in [-0.2, 0) is 16.1 Å². The molecule has 0 saturated carbocycles. The van der Waals surface area contributed by atoms with Crippen molar-refractivity contribution in [3.63, 3.8) is 0 Å². The van der Waals surface area contributed by atoms with E-state index in [1.54, 1.807) is 19.0 Å². The van der Waals surface area contributed by atoms with Gasteiger partial charge in [0.25, 0.3) is 0 Å². The molecular formula is C20H30N4O4. The monoisotopic (exact) mass is 390 g/mol. The molecule has 0 spiro atoms. The summed E-state index contributed by atoms with van der Waals surface area (Å²) < 4.78 is 17.3. The van der Waals surface area contributed by atoms with Crippen molar-refractivity contribution in [3.8, 4) is 11.5 Å². The number of amides is 1. The molecule has 1 aromatic carbocycles. The van der Waals surface area contributed by atoms with Crippen molar-refractivity contribution in [1.82, 2.24) is 15.5 Å². The van der Waals surface area contributed by atoms with Crippen LogP contribution in [0.4, 0.5) is 0 Å². The third-order valence-electron chi connectivity index (χ3n) is 4.69. The van der Waals surface area contributed by atoms with Gasteiger partial charge in [-0.15, -0.1) is 0 Å². The number of likely N-dealkylation sites (N-methyl/N-ethyl adjacent to an activating group) is 1. The summed E-state index contributed by atoms with van der Waals surface area (Å²) in [6, 6.07) is 5.85. The van der Waals surface area contributed by atoms with E-state index >= 15 is 0 Å². The maximum atomic E-state index is 11.9. The summed E-state index contributed by atoms with van der Waals surface area (Å²) in [4.78, 5) is 18.1. The Balaban J connectivity index is 1.67. The Morgan fingerprint density at radius 3 is 2.82 bits per heavy atom. The van der Waals surface area contributed by atoms with E-state index in [0.717, 1.165) is 42.9 Å². The highest BCUT2D eigenvalue weighted by Crippen LogP contribution is 2.33. The maximum absolute atomic E-state index is 11.9. The number of nitrogens with zero attached hydrogens (tertiary/aromatic N) is 2. The molecule has 1 unspecified atom stereocenters. The van der Waals surface area contributed by atoms with Gasteiger partial charge < -0.3 is 29.7 Å². The number of nitrogens with one attached hydrogen (secondary N) is 2. The van der Waals surface area contributed by atoms with Crippen LogP contribution in [-0.4, -0.2) is 69.9 Å². The highest BCUT2D eigenvalue weighted by Gasteiger charge is 2.17. The summed E-state index contributed by atoms with van der Waals surface area (Å²) in [7, 11) is 3.47. The minimum atomic E-state index is -0.0167. The lowest BCUT2D eigenvalue weighted by atomic mass is 10.2. The summed E-state index contributed by atoms with van der Waals surface area (Å²) in [6.45, 7) is 3.35. The van der Waals surface area contributed by atoms with Crippen molar-refractivity contribution >= 4 is 11.9 Å². The average Bonchev–Trinajstić information content (AvgIpc) is 3.10. The van der Waals surface area contributed by atoms with Crippen molar-refractivity contribution in [3.05, 3.63) is 23.8 Å². The zero-order chi connectivity index (χ0) is 19.8. The second-order valence-corrected chi connectivity index (χ2v) is 7.12. The van der Waals surface area contributed by atoms with Gasteiger partial charge in [0.15, 0.2) is 17.5 Å². The number of para-hydroxylation sites is 1. The Morgan fingerprint density at radius 1 is 1.18 bits per heavy atom. The van der Waals surface area contributed by atoms with Gasteiger partial charge in [0.05, 0.1) is 32.4 Å². The van der Waals surface area contributed by atoms with Crippen molar-refractivity contribution in [2.24, 2.45) is 4.99 Å². The number of rotatable bonds is 6. The Hall–Kier alpha value is -2.48. The van der Waals surface area contributed by atoms with Gasteiger partial charge in [0, 0.05) is 39.2 Å². The van der Waals surface area contributed by atoms with Gasteiger partial charge in [-0.3, -0.25) is 4.79 Å². The van der Waals surface area contributed by atoms with E-state index in [0.29, 0.717) is 32.3 Å². The Labute approximate surface area is 166 Å². The molecule has 28 heavy (non-hydrogen) atoms. The van der Waals surface area contributed by atoms with Crippen molar-refractivity contribution in [2.45, 2.75) is 31.9 Å². The molecule has 3 rings (SSSR count). The largest absolute Gasteiger partial charge is 0.490 e. The lowest BCUT2D eigenvalue weighted by molar-refractivity contribution is -0.127. The van der Waals surface area contributed by atoms with E-state index in [-0.39, 0.29) is 18.6 Å². The van der Waals surface area contributed by atoms with E-state index in [1.165, 1.54) is 0 Å². The van der Waals surface area contributed by atoms with Gasteiger partial charge in [-0.25, -0.2) is 4.99 Å². The molecule has 154 valence electrons. The van der Waals surface area contributed by atoms with Crippen LogP contribution < -0.4 is 20.1 Å². The first-order chi connectivity index (χ1) is 13.6. The summed E-state index contributed by atoms with van der Waals surface area (Å²) in [5, 5.41) is 6.40. The van der Waals surface area contributed by atoms with Gasteiger partial charge in [0.1, 0.15) is 0 Å². The molecule has 1 saturated heterocycles. The molecule has 1 atom stereocenters. The van der Waals surface area contributed by atoms with Crippen LogP contribution in [0.1, 0.15) is 24.8 Å². The number of fused-ring (bicyclic) bond motifs is 1. The first-order valence-electron chi connectivity index (χ1n) is 9.85. The summed E-state index contributed by atoms with van der Waals surface area (Å²) >= 11 is 0. The molecule has 1 amide bonds. The highest BCUT2D eigenvalue weighted by molar-refractivity contribution is 5.86. The molecular weight excluding hydrogens is 360 g/mol. The number of ether oxygens (including phenoxy) is 3. The van der Waals surface area contributed by atoms with Gasteiger partial charge in [-0.1, -0.05) is 12.1 Å². The van der Waals surface area contributed by atoms with Gasteiger partial charge in [0.2, 0.25) is 5.91 Å². The van der Waals surface area contributed by atoms with E-state index in [9.17, 15) is 4.79 Å². The molecule has 8 nitrogen and oxygen atoms in total. The number of aliphatic imine (C=N–C) groups is 1. The third-order valence-corrected chi connectivity index (χ3v) is 4.69. The number of hydrogen-bond donors (Lipinski definition) is 2. The van der Waals surface area contributed by atoms with E-state index in [4.69, 9.17) is 14.2 Å². The molecule has 8 heteroatoms. The first kappa shape index (κ1) is 20.3. The van der Waals surface area contributed by atoms with Crippen LogP contribution in [0.2, 0.25) is 0 Å². The Kier molecular flexibility index (Phi) is 7.36. The topological polar surface area (TPSA) is 84.4 Å². The van der Waals surface area contributed by atoms with Gasteiger partial charge in [-0.05, 0) is 18.9 Å². The second kappa shape index (κ2) is 10.2. The maximum Gasteiger partial charge on any atom is 0.241 e.